The van der Waals surface area contributed by atoms with Crippen LogP contribution in [0.4, 0.5) is 4.39 Å². The molecule has 2 aliphatic rings. The van der Waals surface area contributed by atoms with Gasteiger partial charge in [0, 0.05) is 37.8 Å². The van der Waals surface area contributed by atoms with Gasteiger partial charge in [0.2, 0.25) is 5.91 Å². The number of halogens is 1. The van der Waals surface area contributed by atoms with Crippen molar-refractivity contribution in [1.82, 2.24) is 15.1 Å². The van der Waals surface area contributed by atoms with Crippen LogP contribution in [0.5, 0.6) is 0 Å². The fraction of sp³-hybridized carbons (Fsp3) is 0.579. The highest BCUT2D eigenvalue weighted by atomic mass is 19.1. The molecular weight excluding hydrogens is 337 g/mol. The first-order valence-corrected chi connectivity index (χ1v) is 9.19. The first kappa shape index (κ1) is 18.8. The monoisotopic (exact) mass is 363 g/mol. The highest BCUT2D eigenvalue weighted by Gasteiger charge is 2.26. The molecule has 0 aliphatic carbocycles. The molecule has 0 radical (unpaired) electrons. The molecule has 2 aliphatic heterocycles. The summed E-state index contributed by atoms with van der Waals surface area (Å²) in [7, 11) is 0. The molecule has 0 aromatic heterocycles. The Morgan fingerprint density at radius 2 is 1.88 bits per heavy atom. The van der Waals surface area contributed by atoms with Crippen molar-refractivity contribution in [3.63, 3.8) is 0 Å². The lowest BCUT2D eigenvalue weighted by Crippen LogP contribution is -2.51. The van der Waals surface area contributed by atoms with Gasteiger partial charge in [0.05, 0.1) is 19.3 Å². The Kier molecular flexibility index (Phi) is 6.21. The quantitative estimate of drug-likeness (QED) is 0.875. The van der Waals surface area contributed by atoms with Gasteiger partial charge in [0.15, 0.2) is 0 Å². The van der Waals surface area contributed by atoms with Crippen LogP contribution < -0.4 is 5.32 Å². The predicted molar refractivity (Wildman–Crippen MR) is 95.3 cm³/mol. The summed E-state index contributed by atoms with van der Waals surface area (Å²) in [6.07, 6.45) is 1.71. The van der Waals surface area contributed by atoms with E-state index in [1.54, 1.807) is 0 Å². The molecule has 1 aromatic rings. The van der Waals surface area contributed by atoms with E-state index in [1.165, 1.54) is 24.3 Å². The maximum absolute atomic E-state index is 12.9. The second-order valence-corrected chi connectivity index (χ2v) is 7.05. The third-order valence-corrected chi connectivity index (χ3v) is 4.98. The zero-order valence-electron chi connectivity index (χ0n) is 15.1. The molecule has 2 fully saturated rings. The standard InChI is InChI=1S/C19H26FN3O3/c1-14-12-23(10-11-26-14)18(24)13-22-8-6-17(7-9-22)21-19(25)15-2-4-16(20)5-3-15/h2-5,14,17H,6-13H2,1H3,(H,21,25). The summed E-state index contributed by atoms with van der Waals surface area (Å²) in [4.78, 5) is 28.6. The third kappa shape index (κ3) is 5.02. The van der Waals surface area contributed by atoms with Crippen LogP contribution in [0.2, 0.25) is 0 Å². The molecule has 7 heteroatoms. The minimum atomic E-state index is -0.353. The lowest BCUT2D eigenvalue weighted by atomic mass is 10.0. The highest BCUT2D eigenvalue weighted by Crippen LogP contribution is 2.13. The first-order chi connectivity index (χ1) is 12.5. The SMILES string of the molecule is CC1CN(C(=O)CN2CCC(NC(=O)c3ccc(F)cc3)CC2)CCO1. The number of carbonyl (C=O) groups is 2. The van der Waals surface area contributed by atoms with E-state index in [1.807, 2.05) is 11.8 Å². The van der Waals surface area contributed by atoms with Gasteiger partial charge in [0.1, 0.15) is 5.82 Å². The molecule has 2 amide bonds. The first-order valence-electron chi connectivity index (χ1n) is 9.19. The van der Waals surface area contributed by atoms with Crippen molar-refractivity contribution in [1.29, 1.82) is 0 Å². The molecule has 142 valence electrons. The highest BCUT2D eigenvalue weighted by molar-refractivity contribution is 5.94. The number of ether oxygens (including phenoxy) is 1. The molecule has 2 saturated heterocycles. The van der Waals surface area contributed by atoms with Crippen molar-refractivity contribution in [2.24, 2.45) is 0 Å². The Morgan fingerprint density at radius 1 is 1.19 bits per heavy atom. The van der Waals surface area contributed by atoms with Crippen molar-refractivity contribution in [2.75, 3.05) is 39.3 Å². The minimum absolute atomic E-state index is 0.0855. The van der Waals surface area contributed by atoms with E-state index in [-0.39, 0.29) is 29.8 Å². The maximum Gasteiger partial charge on any atom is 0.251 e. The third-order valence-electron chi connectivity index (χ3n) is 4.98. The van der Waals surface area contributed by atoms with E-state index in [0.29, 0.717) is 31.8 Å². The van der Waals surface area contributed by atoms with E-state index >= 15 is 0 Å². The van der Waals surface area contributed by atoms with Crippen LogP contribution in [0.1, 0.15) is 30.1 Å². The van der Waals surface area contributed by atoms with Crippen LogP contribution in [0.3, 0.4) is 0 Å². The zero-order chi connectivity index (χ0) is 18.5. The van der Waals surface area contributed by atoms with Gasteiger partial charge < -0.3 is 15.0 Å². The minimum Gasteiger partial charge on any atom is -0.375 e. The molecule has 0 spiro atoms. The van der Waals surface area contributed by atoms with Crippen molar-refractivity contribution in [3.05, 3.63) is 35.6 Å². The fourth-order valence-electron chi connectivity index (χ4n) is 3.44. The Bertz CT molecular complexity index is 629. The van der Waals surface area contributed by atoms with Crippen LogP contribution in [0.15, 0.2) is 24.3 Å². The van der Waals surface area contributed by atoms with E-state index in [9.17, 15) is 14.0 Å². The number of amides is 2. The van der Waals surface area contributed by atoms with Crippen molar-refractivity contribution in [3.8, 4) is 0 Å². The van der Waals surface area contributed by atoms with Gasteiger partial charge in [0.25, 0.3) is 5.91 Å². The Labute approximate surface area is 153 Å². The maximum atomic E-state index is 12.9. The van der Waals surface area contributed by atoms with E-state index in [4.69, 9.17) is 4.74 Å². The number of nitrogens with one attached hydrogen (secondary N) is 1. The number of hydrogen-bond donors (Lipinski definition) is 1. The molecule has 1 atom stereocenters. The second-order valence-electron chi connectivity index (χ2n) is 7.05. The number of carbonyl (C=O) groups excluding carboxylic acids is 2. The molecule has 3 rings (SSSR count). The summed E-state index contributed by atoms with van der Waals surface area (Å²) >= 11 is 0. The number of piperidine rings is 1. The van der Waals surface area contributed by atoms with Gasteiger partial charge in [-0.25, -0.2) is 4.39 Å². The van der Waals surface area contributed by atoms with Crippen LogP contribution in [-0.2, 0) is 9.53 Å². The van der Waals surface area contributed by atoms with E-state index in [0.717, 1.165) is 25.9 Å². The van der Waals surface area contributed by atoms with Gasteiger partial charge in [-0.05, 0) is 44.0 Å². The summed E-state index contributed by atoms with van der Waals surface area (Å²) in [6, 6.07) is 5.64. The van der Waals surface area contributed by atoms with Gasteiger partial charge in [-0.15, -0.1) is 0 Å². The second kappa shape index (κ2) is 8.60. The topological polar surface area (TPSA) is 61.9 Å². The number of morpholine rings is 1. The molecule has 0 bridgehead atoms. The zero-order valence-corrected chi connectivity index (χ0v) is 15.1. The Hall–Kier alpha value is -1.99. The summed E-state index contributed by atoms with van der Waals surface area (Å²) in [6.45, 7) is 5.88. The normalized spacial score (nSPS) is 22.2. The molecule has 0 saturated carbocycles. The largest absolute Gasteiger partial charge is 0.375 e. The van der Waals surface area contributed by atoms with E-state index < -0.39 is 0 Å². The molecular formula is C19H26FN3O3. The number of rotatable bonds is 4. The average Bonchev–Trinajstić information content (AvgIpc) is 2.64. The fourth-order valence-corrected chi connectivity index (χ4v) is 3.44. The molecule has 26 heavy (non-hydrogen) atoms. The van der Waals surface area contributed by atoms with Crippen molar-refractivity contribution < 1.29 is 18.7 Å². The van der Waals surface area contributed by atoms with E-state index in [2.05, 4.69) is 10.2 Å². The smallest absolute Gasteiger partial charge is 0.251 e. The summed E-state index contributed by atoms with van der Waals surface area (Å²) in [5.74, 6) is -0.384. The lowest BCUT2D eigenvalue weighted by Gasteiger charge is -2.35. The van der Waals surface area contributed by atoms with Gasteiger partial charge in [-0.3, -0.25) is 14.5 Å². The van der Waals surface area contributed by atoms with Crippen LogP contribution >= 0.6 is 0 Å². The van der Waals surface area contributed by atoms with Crippen LogP contribution in [0, 0.1) is 5.82 Å². The Morgan fingerprint density at radius 3 is 2.54 bits per heavy atom. The average molecular weight is 363 g/mol. The number of benzene rings is 1. The summed E-state index contributed by atoms with van der Waals surface area (Å²) < 4.78 is 18.4. The Balaban J connectivity index is 1.41. The van der Waals surface area contributed by atoms with Gasteiger partial charge in [-0.2, -0.15) is 0 Å². The number of nitrogens with zero attached hydrogens (tertiary/aromatic N) is 2. The number of likely N-dealkylation sites (tertiary alicyclic amines) is 1. The predicted octanol–water partition coefficient (Wildman–Crippen LogP) is 1.27. The van der Waals surface area contributed by atoms with Crippen LogP contribution in [0.25, 0.3) is 0 Å². The van der Waals surface area contributed by atoms with Crippen molar-refractivity contribution >= 4 is 11.8 Å². The molecule has 6 nitrogen and oxygen atoms in total. The molecule has 1 aromatic carbocycles. The molecule has 1 N–H and O–H groups in total. The van der Waals surface area contributed by atoms with Crippen LogP contribution in [-0.4, -0.2) is 73.1 Å². The summed E-state index contributed by atoms with van der Waals surface area (Å²) in [5, 5.41) is 3.00. The molecule has 2 heterocycles. The summed E-state index contributed by atoms with van der Waals surface area (Å²) in [5.41, 5.74) is 0.463. The lowest BCUT2D eigenvalue weighted by molar-refractivity contribution is -0.139. The number of hydrogen-bond acceptors (Lipinski definition) is 4. The van der Waals surface area contributed by atoms with Gasteiger partial charge in [-0.1, -0.05) is 0 Å². The van der Waals surface area contributed by atoms with Gasteiger partial charge >= 0.3 is 0 Å². The molecule has 1 unspecified atom stereocenters. The van der Waals surface area contributed by atoms with Crippen molar-refractivity contribution in [2.45, 2.75) is 31.9 Å².